The zero-order valence-corrected chi connectivity index (χ0v) is 13.4. The normalized spacial score (nSPS) is 11.5. The maximum absolute atomic E-state index is 12.4. The number of hydrogen-bond acceptors (Lipinski definition) is 5. The molecule has 0 aliphatic rings. The number of benzene rings is 2. The third-order valence-corrected chi connectivity index (χ3v) is 3.71. The van der Waals surface area contributed by atoms with Gasteiger partial charge in [0.1, 0.15) is 0 Å². The summed E-state index contributed by atoms with van der Waals surface area (Å²) in [7, 11) is 0. The van der Waals surface area contributed by atoms with Crippen molar-refractivity contribution < 1.29 is 19.2 Å². The summed E-state index contributed by atoms with van der Waals surface area (Å²) >= 11 is 3.29. The van der Waals surface area contributed by atoms with Crippen molar-refractivity contribution in [2.45, 2.75) is 12.5 Å². The summed E-state index contributed by atoms with van der Waals surface area (Å²) in [5.74, 6) is -0.312. The fourth-order valence-corrected chi connectivity index (χ4v) is 2.33. The van der Waals surface area contributed by atoms with Gasteiger partial charge < -0.3 is 4.74 Å². The molecule has 0 fully saturated rings. The fraction of sp³-hybridized carbons (Fsp3) is 0.125. The molecule has 23 heavy (non-hydrogen) atoms. The van der Waals surface area contributed by atoms with E-state index < -0.39 is 11.0 Å². The van der Waals surface area contributed by atoms with Crippen molar-refractivity contribution in [2.75, 3.05) is 0 Å². The lowest BCUT2D eigenvalue weighted by molar-refractivity contribution is -0.384. The highest BCUT2D eigenvalue weighted by molar-refractivity contribution is 9.10. The van der Waals surface area contributed by atoms with Crippen LogP contribution < -0.4 is 0 Å². The van der Waals surface area contributed by atoms with Gasteiger partial charge in [-0.25, -0.2) is 0 Å². The second kappa shape index (κ2) is 7.64. The van der Waals surface area contributed by atoms with Crippen LogP contribution >= 0.6 is 15.9 Å². The van der Waals surface area contributed by atoms with Crippen molar-refractivity contribution in [3.8, 4) is 0 Å². The SMILES string of the molecule is O=COC(C(=O)Cc1ccc([N+](=O)[O-])cc1)c1ccc(Br)cc1. The van der Waals surface area contributed by atoms with E-state index in [0.717, 1.165) is 4.47 Å². The maximum Gasteiger partial charge on any atom is 0.294 e. The van der Waals surface area contributed by atoms with Crippen LogP contribution in [0.1, 0.15) is 17.2 Å². The van der Waals surface area contributed by atoms with Gasteiger partial charge in [-0.2, -0.15) is 0 Å². The van der Waals surface area contributed by atoms with Crippen LogP contribution in [0.25, 0.3) is 0 Å². The van der Waals surface area contributed by atoms with Gasteiger partial charge in [-0.3, -0.25) is 19.7 Å². The van der Waals surface area contributed by atoms with E-state index in [2.05, 4.69) is 15.9 Å². The molecular weight excluding hydrogens is 366 g/mol. The highest BCUT2D eigenvalue weighted by Crippen LogP contribution is 2.22. The zero-order chi connectivity index (χ0) is 16.8. The van der Waals surface area contributed by atoms with Crippen LogP contribution in [0, 0.1) is 10.1 Å². The van der Waals surface area contributed by atoms with E-state index in [4.69, 9.17) is 4.74 Å². The minimum absolute atomic E-state index is 0.00651. The number of carbonyl (C=O) groups excluding carboxylic acids is 2. The van der Waals surface area contributed by atoms with E-state index in [9.17, 15) is 19.7 Å². The first-order valence-corrected chi connectivity index (χ1v) is 7.41. The molecule has 0 saturated heterocycles. The Kier molecular flexibility index (Phi) is 5.59. The van der Waals surface area contributed by atoms with Gasteiger partial charge >= 0.3 is 0 Å². The van der Waals surface area contributed by atoms with E-state index in [1.165, 1.54) is 24.3 Å². The molecule has 0 aliphatic heterocycles. The number of ketones is 1. The minimum Gasteiger partial charge on any atom is -0.452 e. The predicted molar refractivity (Wildman–Crippen MR) is 85.8 cm³/mol. The average molecular weight is 378 g/mol. The van der Waals surface area contributed by atoms with Gasteiger partial charge in [0.15, 0.2) is 11.9 Å². The predicted octanol–water partition coefficient (Wildman–Crippen LogP) is 3.38. The molecule has 0 aromatic heterocycles. The topological polar surface area (TPSA) is 86.5 Å². The molecule has 0 saturated carbocycles. The molecule has 0 aliphatic carbocycles. The molecule has 2 aromatic carbocycles. The summed E-state index contributed by atoms with van der Waals surface area (Å²) in [6.07, 6.45) is -0.997. The van der Waals surface area contributed by atoms with Gasteiger partial charge in [0.2, 0.25) is 0 Å². The molecular formula is C16H12BrNO5. The van der Waals surface area contributed by atoms with Crippen LogP contribution in [-0.4, -0.2) is 17.2 Å². The smallest absolute Gasteiger partial charge is 0.294 e. The summed E-state index contributed by atoms with van der Waals surface area (Å²) < 4.78 is 5.75. The highest BCUT2D eigenvalue weighted by Gasteiger charge is 2.22. The number of nitro groups is 1. The Bertz CT molecular complexity index is 712. The Hall–Kier alpha value is -2.54. The van der Waals surface area contributed by atoms with Crippen LogP contribution in [0.2, 0.25) is 0 Å². The van der Waals surface area contributed by atoms with Gasteiger partial charge in [0.25, 0.3) is 12.2 Å². The molecule has 2 aromatic rings. The Morgan fingerprint density at radius 3 is 2.30 bits per heavy atom. The van der Waals surface area contributed by atoms with E-state index in [1.807, 2.05) is 0 Å². The molecule has 0 amide bonds. The average Bonchev–Trinajstić information content (AvgIpc) is 2.54. The van der Waals surface area contributed by atoms with Crippen molar-refractivity contribution >= 4 is 33.9 Å². The lowest BCUT2D eigenvalue weighted by atomic mass is 10.00. The largest absolute Gasteiger partial charge is 0.452 e. The lowest BCUT2D eigenvalue weighted by Gasteiger charge is -2.14. The van der Waals surface area contributed by atoms with E-state index >= 15 is 0 Å². The molecule has 1 atom stereocenters. The molecule has 0 heterocycles. The maximum atomic E-state index is 12.4. The number of nitro benzene ring substituents is 1. The third-order valence-electron chi connectivity index (χ3n) is 3.18. The van der Waals surface area contributed by atoms with Crippen molar-refractivity contribution in [3.63, 3.8) is 0 Å². The minimum atomic E-state index is -1.00. The lowest BCUT2D eigenvalue weighted by Crippen LogP contribution is -2.17. The van der Waals surface area contributed by atoms with Gasteiger partial charge in [-0.1, -0.05) is 40.2 Å². The molecule has 6 nitrogen and oxygen atoms in total. The van der Waals surface area contributed by atoms with E-state index in [0.29, 0.717) is 11.1 Å². The number of Topliss-reactive ketones (excluding diaryl/α,β-unsaturated/α-hetero) is 1. The number of non-ortho nitro benzene ring substituents is 1. The van der Waals surface area contributed by atoms with Gasteiger partial charge in [0, 0.05) is 28.6 Å². The van der Waals surface area contributed by atoms with Crippen LogP contribution in [-0.2, 0) is 20.7 Å². The summed E-state index contributed by atoms with van der Waals surface area (Å²) in [6, 6.07) is 12.5. The Labute approximate surface area is 140 Å². The summed E-state index contributed by atoms with van der Waals surface area (Å²) in [6.45, 7) is 0.237. The number of carbonyl (C=O) groups is 2. The third kappa shape index (κ3) is 4.46. The first kappa shape index (κ1) is 16.8. The molecule has 0 radical (unpaired) electrons. The fourth-order valence-electron chi connectivity index (χ4n) is 2.06. The first-order valence-electron chi connectivity index (χ1n) is 6.62. The zero-order valence-electron chi connectivity index (χ0n) is 11.8. The number of nitrogens with zero attached hydrogens (tertiary/aromatic N) is 1. The standard InChI is InChI=1S/C16H12BrNO5/c17-13-5-3-12(4-6-13)16(23-10-19)15(20)9-11-1-7-14(8-2-11)18(21)22/h1-8,10,16H,9H2. The number of halogens is 1. The van der Waals surface area contributed by atoms with Crippen LogP contribution in [0.5, 0.6) is 0 Å². The highest BCUT2D eigenvalue weighted by atomic mass is 79.9. The number of ether oxygens (including phenoxy) is 1. The van der Waals surface area contributed by atoms with Crippen LogP contribution in [0.3, 0.4) is 0 Å². The van der Waals surface area contributed by atoms with Crippen molar-refractivity contribution in [2.24, 2.45) is 0 Å². The molecule has 1 unspecified atom stereocenters. The van der Waals surface area contributed by atoms with Crippen LogP contribution in [0.4, 0.5) is 5.69 Å². The van der Waals surface area contributed by atoms with E-state index in [1.54, 1.807) is 24.3 Å². The molecule has 0 spiro atoms. The van der Waals surface area contributed by atoms with Gasteiger partial charge in [-0.15, -0.1) is 0 Å². The second-order valence-electron chi connectivity index (χ2n) is 4.73. The molecule has 7 heteroatoms. The number of rotatable bonds is 7. The monoisotopic (exact) mass is 377 g/mol. The molecule has 0 N–H and O–H groups in total. The molecule has 118 valence electrons. The van der Waals surface area contributed by atoms with E-state index in [-0.39, 0.29) is 24.4 Å². The Morgan fingerprint density at radius 2 is 1.78 bits per heavy atom. The van der Waals surface area contributed by atoms with Gasteiger partial charge in [0.05, 0.1) is 4.92 Å². The molecule has 2 rings (SSSR count). The first-order chi connectivity index (χ1) is 11.0. The number of hydrogen-bond donors (Lipinski definition) is 0. The summed E-state index contributed by atoms with van der Waals surface area (Å²) in [4.78, 5) is 33.2. The summed E-state index contributed by atoms with van der Waals surface area (Å²) in [5, 5.41) is 10.6. The molecule has 0 bridgehead atoms. The second-order valence-corrected chi connectivity index (χ2v) is 5.65. The quantitative estimate of drug-likeness (QED) is 0.419. The Balaban J connectivity index is 2.16. The summed E-state index contributed by atoms with van der Waals surface area (Å²) in [5.41, 5.74) is 1.12. The van der Waals surface area contributed by atoms with Crippen molar-refractivity contribution in [3.05, 3.63) is 74.2 Å². The van der Waals surface area contributed by atoms with Gasteiger partial charge in [-0.05, 0) is 17.7 Å². The van der Waals surface area contributed by atoms with Crippen LogP contribution in [0.15, 0.2) is 53.0 Å². The van der Waals surface area contributed by atoms with Crippen molar-refractivity contribution in [1.82, 2.24) is 0 Å². The van der Waals surface area contributed by atoms with Crippen molar-refractivity contribution in [1.29, 1.82) is 0 Å². The Morgan fingerprint density at radius 1 is 1.17 bits per heavy atom.